The van der Waals surface area contributed by atoms with Crippen molar-refractivity contribution < 1.29 is 14.3 Å². The second kappa shape index (κ2) is 8.52. The van der Waals surface area contributed by atoms with E-state index in [2.05, 4.69) is 4.98 Å². The molecule has 1 aromatic carbocycles. The van der Waals surface area contributed by atoms with Gasteiger partial charge in [-0.15, -0.1) is 0 Å². The summed E-state index contributed by atoms with van der Waals surface area (Å²) in [5.74, 6) is -0.0521. The molecular formula is C22H26ClN3O4. The van der Waals surface area contributed by atoms with Gasteiger partial charge in [0.05, 0.1) is 39.7 Å². The zero-order valence-electron chi connectivity index (χ0n) is 18.1. The lowest BCUT2D eigenvalue weighted by Gasteiger charge is -2.24. The standard InChI is InChI=1S/C22H26ClN3O4/c1-7-29-17(27)11-26-20-18(21(28)14-9-8-13(4)24-22(14)26)16(30-12(2)3)10-15(23)19(20)25(5)6/h8-10,12H,7,11H2,1-6H3. The van der Waals surface area contributed by atoms with Gasteiger partial charge in [0, 0.05) is 25.9 Å². The third-order valence-electron chi connectivity index (χ3n) is 4.61. The van der Waals surface area contributed by atoms with Crippen molar-refractivity contribution in [2.45, 2.75) is 40.3 Å². The number of anilines is 1. The zero-order valence-corrected chi connectivity index (χ0v) is 18.8. The number of benzene rings is 1. The molecule has 30 heavy (non-hydrogen) atoms. The van der Waals surface area contributed by atoms with Crippen LogP contribution < -0.4 is 15.1 Å². The molecule has 0 unspecified atom stereocenters. The normalized spacial score (nSPS) is 11.3. The summed E-state index contributed by atoms with van der Waals surface area (Å²) in [5, 5.41) is 1.17. The topological polar surface area (TPSA) is 73.7 Å². The first-order chi connectivity index (χ1) is 14.1. The second-order valence-electron chi connectivity index (χ2n) is 7.53. The molecule has 0 aliphatic carbocycles. The highest BCUT2D eigenvalue weighted by Crippen LogP contribution is 2.39. The summed E-state index contributed by atoms with van der Waals surface area (Å²) in [6.07, 6.45) is -0.167. The van der Waals surface area contributed by atoms with Crippen molar-refractivity contribution in [2.24, 2.45) is 0 Å². The quantitative estimate of drug-likeness (QED) is 0.435. The molecule has 0 radical (unpaired) electrons. The number of carbonyl (C=O) groups excluding carboxylic acids is 1. The number of esters is 1. The Kier molecular flexibility index (Phi) is 6.22. The van der Waals surface area contributed by atoms with E-state index in [1.165, 1.54) is 0 Å². The van der Waals surface area contributed by atoms with Crippen molar-refractivity contribution in [3.63, 3.8) is 0 Å². The van der Waals surface area contributed by atoms with E-state index >= 15 is 0 Å². The van der Waals surface area contributed by atoms with E-state index in [0.717, 1.165) is 5.69 Å². The number of fused-ring (bicyclic) bond motifs is 2. The fraction of sp³-hybridized carbons (Fsp3) is 0.409. The van der Waals surface area contributed by atoms with Crippen LogP contribution in [0.3, 0.4) is 0 Å². The van der Waals surface area contributed by atoms with Crippen LogP contribution in [-0.4, -0.2) is 42.3 Å². The van der Waals surface area contributed by atoms with Crippen LogP contribution in [0, 0.1) is 6.92 Å². The summed E-state index contributed by atoms with van der Waals surface area (Å²) < 4.78 is 12.8. The Bertz CT molecular complexity index is 1180. The van der Waals surface area contributed by atoms with Gasteiger partial charge < -0.3 is 18.9 Å². The fourth-order valence-electron chi connectivity index (χ4n) is 3.51. The third-order valence-corrected chi connectivity index (χ3v) is 4.89. The minimum atomic E-state index is -0.428. The van der Waals surface area contributed by atoms with Crippen molar-refractivity contribution >= 4 is 45.2 Å². The maximum Gasteiger partial charge on any atom is 0.326 e. The van der Waals surface area contributed by atoms with Crippen LogP contribution in [0.1, 0.15) is 26.5 Å². The number of hydrogen-bond acceptors (Lipinski definition) is 6. The van der Waals surface area contributed by atoms with Gasteiger partial charge >= 0.3 is 5.97 Å². The molecule has 8 heteroatoms. The average Bonchev–Trinajstić information content (AvgIpc) is 2.63. The summed E-state index contributed by atoms with van der Waals surface area (Å²) in [4.78, 5) is 32.4. The Balaban J connectivity index is 2.58. The minimum absolute atomic E-state index is 0.111. The zero-order chi connectivity index (χ0) is 22.2. The SMILES string of the molecule is CCOC(=O)Cn1c2nc(C)ccc2c(=O)c2c(OC(C)C)cc(Cl)c(N(C)C)c21. The number of nitrogens with zero attached hydrogens (tertiary/aromatic N) is 3. The van der Waals surface area contributed by atoms with Gasteiger partial charge in [-0.1, -0.05) is 11.6 Å². The van der Waals surface area contributed by atoms with Crippen LogP contribution in [0.25, 0.3) is 21.9 Å². The molecule has 0 fully saturated rings. The summed E-state index contributed by atoms with van der Waals surface area (Å²) in [6.45, 7) is 7.48. The highest BCUT2D eigenvalue weighted by atomic mass is 35.5. The van der Waals surface area contributed by atoms with E-state index in [-0.39, 0.29) is 24.7 Å². The lowest BCUT2D eigenvalue weighted by Crippen LogP contribution is -2.22. The smallest absolute Gasteiger partial charge is 0.326 e. The van der Waals surface area contributed by atoms with Gasteiger partial charge in [0.25, 0.3) is 0 Å². The molecule has 3 aromatic rings. The molecule has 0 N–H and O–H groups in total. The van der Waals surface area contributed by atoms with Crippen molar-refractivity contribution in [3.8, 4) is 5.75 Å². The van der Waals surface area contributed by atoms with E-state index in [9.17, 15) is 9.59 Å². The van der Waals surface area contributed by atoms with Crippen molar-refractivity contribution in [3.05, 3.63) is 39.1 Å². The largest absolute Gasteiger partial charge is 0.490 e. The predicted molar refractivity (Wildman–Crippen MR) is 120 cm³/mol. The lowest BCUT2D eigenvalue weighted by atomic mass is 10.1. The number of halogens is 1. The number of ether oxygens (including phenoxy) is 2. The summed E-state index contributed by atoms with van der Waals surface area (Å²) in [6, 6.07) is 5.16. The van der Waals surface area contributed by atoms with E-state index in [1.807, 2.05) is 39.8 Å². The predicted octanol–water partition coefficient (Wildman–Crippen LogP) is 3.93. The molecule has 0 saturated heterocycles. The van der Waals surface area contributed by atoms with Gasteiger partial charge in [0.15, 0.2) is 0 Å². The van der Waals surface area contributed by atoms with E-state index in [0.29, 0.717) is 38.4 Å². The number of carbonyl (C=O) groups is 1. The van der Waals surface area contributed by atoms with Crippen LogP contribution >= 0.6 is 11.6 Å². The third kappa shape index (κ3) is 3.94. The molecule has 0 spiro atoms. The minimum Gasteiger partial charge on any atom is -0.490 e. The number of rotatable bonds is 6. The lowest BCUT2D eigenvalue weighted by molar-refractivity contribution is -0.143. The van der Waals surface area contributed by atoms with Gasteiger partial charge in [-0.05, 0) is 39.8 Å². The van der Waals surface area contributed by atoms with Crippen LogP contribution in [0.15, 0.2) is 23.0 Å². The Hall–Kier alpha value is -2.80. The first-order valence-corrected chi connectivity index (χ1v) is 10.2. The van der Waals surface area contributed by atoms with Gasteiger partial charge in [-0.3, -0.25) is 9.59 Å². The van der Waals surface area contributed by atoms with Crippen LogP contribution in [0.2, 0.25) is 5.02 Å². The molecule has 0 amide bonds. The molecule has 2 aromatic heterocycles. The van der Waals surface area contributed by atoms with Gasteiger partial charge in [-0.2, -0.15) is 0 Å². The van der Waals surface area contributed by atoms with Gasteiger partial charge in [0.1, 0.15) is 17.9 Å². The number of hydrogen-bond donors (Lipinski definition) is 0. The molecule has 0 bridgehead atoms. The Morgan fingerprint density at radius 2 is 2.00 bits per heavy atom. The van der Waals surface area contributed by atoms with E-state index in [1.54, 1.807) is 29.7 Å². The number of pyridine rings is 2. The molecule has 7 nitrogen and oxygen atoms in total. The Morgan fingerprint density at radius 3 is 2.60 bits per heavy atom. The molecular weight excluding hydrogens is 406 g/mol. The first-order valence-electron chi connectivity index (χ1n) is 9.81. The summed E-state index contributed by atoms with van der Waals surface area (Å²) in [5.41, 5.74) is 2.01. The van der Waals surface area contributed by atoms with Crippen LogP contribution in [-0.2, 0) is 16.1 Å². The molecule has 160 valence electrons. The monoisotopic (exact) mass is 431 g/mol. The van der Waals surface area contributed by atoms with E-state index in [4.69, 9.17) is 21.1 Å². The molecule has 0 atom stereocenters. The number of aromatic nitrogens is 2. The summed E-state index contributed by atoms with van der Waals surface area (Å²) >= 11 is 6.62. The van der Waals surface area contributed by atoms with Gasteiger partial charge in [-0.25, -0.2) is 4.98 Å². The molecule has 0 saturated carbocycles. The van der Waals surface area contributed by atoms with Crippen LogP contribution in [0.5, 0.6) is 5.75 Å². The van der Waals surface area contributed by atoms with Gasteiger partial charge in [0.2, 0.25) is 5.43 Å². The van der Waals surface area contributed by atoms with Crippen molar-refractivity contribution in [1.82, 2.24) is 9.55 Å². The summed E-state index contributed by atoms with van der Waals surface area (Å²) in [7, 11) is 3.66. The van der Waals surface area contributed by atoms with E-state index < -0.39 is 5.97 Å². The molecule has 0 aliphatic rings. The Morgan fingerprint density at radius 1 is 1.30 bits per heavy atom. The van der Waals surface area contributed by atoms with Crippen molar-refractivity contribution in [2.75, 3.05) is 25.6 Å². The fourth-order valence-corrected chi connectivity index (χ4v) is 3.87. The highest BCUT2D eigenvalue weighted by molar-refractivity contribution is 6.35. The van der Waals surface area contributed by atoms with Crippen molar-refractivity contribution in [1.29, 1.82) is 0 Å². The Labute approximate surface area is 180 Å². The maximum atomic E-state index is 13.5. The maximum absolute atomic E-state index is 13.5. The molecule has 0 aliphatic heterocycles. The number of aryl methyl sites for hydroxylation is 1. The molecule has 2 heterocycles. The molecule has 3 rings (SSSR count). The van der Waals surface area contributed by atoms with Crippen LogP contribution in [0.4, 0.5) is 5.69 Å². The average molecular weight is 432 g/mol. The second-order valence-corrected chi connectivity index (χ2v) is 7.94. The highest BCUT2D eigenvalue weighted by Gasteiger charge is 2.24. The first kappa shape index (κ1) is 21.9.